The molecular formula is C30H23Br2N3O4. The lowest BCUT2D eigenvalue weighted by Crippen LogP contribution is -2.20. The molecule has 196 valence electrons. The lowest BCUT2D eigenvalue weighted by molar-refractivity contribution is 0.265. The summed E-state index contributed by atoms with van der Waals surface area (Å²) in [6.07, 6.45) is 1.57. The monoisotopic (exact) mass is 647 g/mol. The molecule has 0 aliphatic carbocycles. The van der Waals surface area contributed by atoms with Gasteiger partial charge < -0.3 is 14.2 Å². The Kier molecular flexibility index (Phi) is 8.09. The van der Waals surface area contributed by atoms with Gasteiger partial charge in [-0.15, -0.1) is 0 Å². The molecule has 0 aliphatic heterocycles. The first-order valence-electron chi connectivity index (χ1n) is 11.9. The molecule has 39 heavy (non-hydrogen) atoms. The SMILES string of the molecule is COc1cc(C=Nn2c(-c3ccccc3)nc3ccccc3c2=O)cc(OC)c1OCc1ccc(Br)cc1Br. The number of hydrogen-bond donors (Lipinski definition) is 0. The second-order valence-corrected chi connectivity index (χ2v) is 10.2. The summed E-state index contributed by atoms with van der Waals surface area (Å²) in [6, 6.07) is 26.1. The molecule has 0 fully saturated rings. The van der Waals surface area contributed by atoms with E-state index in [2.05, 4.69) is 37.0 Å². The topological polar surface area (TPSA) is 74.9 Å². The lowest BCUT2D eigenvalue weighted by atomic mass is 10.2. The molecule has 0 radical (unpaired) electrons. The second kappa shape index (κ2) is 11.8. The zero-order chi connectivity index (χ0) is 27.4. The summed E-state index contributed by atoms with van der Waals surface area (Å²) >= 11 is 7.03. The summed E-state index contributed by atoms with van der Waals surface area (Å²) in [4.78, 5) is 18.2. The van der Waals surface area contributed by atoms with E-state index in [9.17, 15) is 4.79 Å². The Hall–Kier alpha value is -3.95. The van der Waals surface area contributed by atoms with Gasteiger partial charge in [0.2, 0.25) is 5.75 Å². The third-order valence-electron chi connectivity index (χ3n) is 5.98. The Bertz CT molecular complexity index is 1710. The van der Waals surface area contributed by atoms with Gasteiger partial charge in [-0.1, -0.05) is 80.4 Å². The molecule has 9 heteroatoms. The highest BCUT2D eigenvalue weighted by Crippen LogP contribution is 2.39. The highest BCUT2D eigenvalue weighted by molar-refractivity contribution is 9.11. The molecule has 1 heterocycles. The average molecular weight is 649 g/mol. The quantitative estimate of drug-likeness (QED) is 0.168. The molecule has 0 aliphatic rings. The van der Waals surface area contributed by atoms with Crippen molar-refractivity contribution in [3.8, 4) is 28.6 Å². The second-order valence-electron chi connectivity index (χ2n) is 8.46. The van der Waals surface area contributed by atoms with Crippen molar-refractivity contribution in [1.29, 1.82) is 0 Å². The maximum atomic E-state index is 13.4. The van der Waals surface area contributed by atoms with E-state index in [1.165, 1.54) is 4.68 Å². The number of fused-ring (bicyclic) bond motifs is 1. The minimum atomic E-state index is -0.269. The largest absolute Gasteiger partial charge is 0.493 e. The number of halogens is 2. The summed E-state index contributed by atoms with van der Waals surface area (Å²) < 4.78 is 20.6. The smallest absolute Gasteiger partial charge is 0.282 e. The zero-order valence-corrected chi connectivity index (χ0v) is 24.3. The van der Waals surface area contributed by atoms with Crippen LogP contribution in [0.25, 0.3) is 22.3 Å². The third-order valence-corrected chi connectivity index (χ3v) is 7.21. The number of ether oxygens (including phenoxy) is 3. The van der Waals surface area contributed by atoms with Crippen LogP contribution in [0.15, 0.2) is 104 Å². The van der Waals surface area contributed by atoms with Crippen LogP contribution in [-0.2, 0) is 6.61 Å². The van der Waals surface area contributed by atoms with Crippen molar-refractivity contribution in [2.24, 2.45) is 5.10 Å². The summed E-state index contributed by atoms with van der Waals surface area (Å²) in [7, 11) is 3.12. The van der Waals surface area contributed by atoms with E-state index < -0.39 is 0 Å². The molecule has 5 rings (SSSR count). The molecular weight excluding hydrogens is 626 g/mol. The molecule has 0 atom stereocenters. The minimum absolute atomic E-state index is 0.269. The number of aromatic nitrogens is 2. The van der Waals surface area contributed by atoms with Crippen LogP contribution < -0.4 is 19.8 Å². The predicted molar refractivity (Wildman–Crippen MR) is 160 cm³/mol. The Balaban J connectivity index is 1.53. The molecule has 0 N–H and O–H groups in total. The van der Waals surface area contributed by atoms with E-state index in [1.807, 2.05) is 66.7 Å². The van der Waals surface area contributed by atoms with Crippen molar-refractivity contribution < 1.29 is 14.2 Å². The molecule has 0 bridgehead atoms. The van der Waals surface area contributed by atoms with Crippen LogP contribution in [0, 0.1) is 0 Å². The molecule has 0 amide bonds. The van der Waals surface area contributed by atoms with Crippen LogP contribution in [0.2, 0.25) is 0 Å². The van der Waals surface area contributed by atoms with E-state index in [1.54, 1.807) is 38.6 Å². The van der Waals surface area contributed by atoms with Gasteiger partial charge >= 0.3 is 0 Å². The van der Waals surface area contributed by atoms with E-state index in [4.69, 9.17) is 19.2 Å². The minimum Gasteiger partial charge on any atom is -0.493 e. The molecule has 0 unspecified atom stereocenters. The Morgan fingerprint density at radius 3 is 2.28 bits per heavy atom. The first-order chi connectivity index (χ1) is 19.0. The first kappa shape index (κ1) is 26.6. The zero-order valence-electron chi connectivity index (χ0n) is 21.1. The maximum absolute atomic E-state index is 13.4. The number of para-hydroxylation sites is 1. The van der Waals surface area contributed by atoms with Crippen LogP contribution in [0.3, 0.4) is 0 Å². The Morgan fingerprint density at radius 1 is 0.897 bits per heavy atom. The molecule has 0 saturated carbocycles. The van der Waals surface area contributed by atoms with Crippen LogP contribution in [0.1, 0.15) is 11.1 Å². The summed E-state index contributed by atoms with van der Waals surface area (Å²) in [6.45, 7) is 0.298. The molecule has 0 saturated heterocycles. The van der Waals surface area contributed by atoms with Crippen molar-refractivity contribution in [2.75, 3.05) is 14.2 Å². The van der Waals surface area contributed by atoms with Gasteiger partial charge in [-0.2, -0.15) is 9.78 Å². The standard InChI is InChI=1S/C30H23Br2N3O4/c1-37-26-14-19(15-27(38-2)28(26)39-18-21-12-13-22(31)16-24(21)32)17-33-35-29(20-8-4-3-5-9-20)34-25-11-7-6-10-23(25)30(35)36/h3-17H,18H2,1-2H3. The van der Waals surface area contributed by atoms with Gasteiger partial charge in [-0.25, -0.2) is 4.98 Å². The molecule has 1 aromatic heterocycles. The van der Waals surface area contributed by atoms with Gasteiger partial charge in [0.05, 0.1) is 31.3 Å². The summed E-state index contributed by atoms with van der Waals surface area (Å²) in [5.74, 6) is 1.84. The maximum Gasteiger partial charge on any atom is 0.282 e. The van der Waals surface area contributed by atoms with E-state index in [0.717, 1.165) is 20.1 Å². The molecule has 0 spiro atoms. The van der Waals surface area contributed by atoms with Gasteiger partial charge in [0.15, 0.2) is 17.3 Å². The van der Waals surface area contributed by atoms with E-state index in [0.29, 0.717) is 46.1 Å². The van der Waals surface area contributed by atoms with Crippen molar-refractivity contribution in [3.05, 3.63) is 115 Å². The molecule has 7 nitrogen and oxygen atoms in total. The number of rotatable bonds is 8. The van der Waals surface area contributed by atoms with Crippen molar-refractivity contribution >= 4 is 49.0 Å². The first-order valence-corrected chi connectivity index (χ1v) is 13.5. The highest BCUT2D eigenvalue weighted by Gasteiger charge is 2.16. The van der Waals surface area contributed by atoms with Crippen LogP contribution in [-0.4, -0.2) is 30.1 Å². The van der Waals surface area contributed by atoms with Gasteiger partial charge in [0.1, 0.15) is 6.61 Å². The fourth-order valence-electron chi connectivity index (χ4n) is 4.03. The third kappa shape index (κ3) is 5.74. The lowest BCUT2D eigenvalue weighted by Gasteiger charge is -2.16. The van der Waals surface area contributed by atoms with Crippen molar-refractivity contribution in [3.63, 3.8) is 0 Å². The molecule has 5 aromatic rings. The van der Waals surface area contributed by atoms with Gasteiger partial charge in [0.25, 0.3) is 5.56 Å². The van der Waals surface area contributed by atoms with Gasteiger partial charge in [-0.05, 0) is 36.4 Å². The number of nitrogens with zero attached hydrogens (tertiary/aromatic N) is 3. The Morgan fingerprint density at radius 2 is 1.59 bits per heavy atom. The van der Waals surface area contributed by atoms with Crippen LogP contribution in [0.5, 0.6) is 17.2 Å². The predicted octanol–water partition coefficient (Wildman–Crippen LogP) is 7.07. The highest BCUT2D eigenvalue weighted by atomic mass is 79.9. The number of methoxy groups -OCH3 is 2. The van der Waals surface area contributed by atoms with Gasteiger partial charge in [-0.3, -0.25) is 4.79 Å². The number of hydrogen-bond acceptors (Lipinski definition) is 6. The van der Waals surface area contributed by atoms with Gasteiger partial charge in [0, 0.05) is 25.6 Å². The fourth-order valence-corrected chi connectivity index (χ4v) is 5.20. The Labute approximate surface area is 241 Å². The van der Waals surface area contributed by atoms with Crippen LogP contribution >= 0.6 is 31.9 Å². The van der Waals surface area contributed by atoms with E-state index >= 15 is 0 Å². The summed E-state index contributed by atoms with van der Waals surface area (Å²) in [5, 5.41) is 5.03. The number of benzene rings is 4. The average Bonchev–Trinajstić information content (AvgIpc) is 2.96. The van der Waals surface area contributed by atoms with Crippen molar-refractivity contribution in [1.82, 2.24) is 9.66 Å². The fraction of sp³-hybridized carbons (Fsp3) is 0.100. The molecule has 4 aromatic carbocycles. The normalized spacial score (nSPS) is 11.2. The van der Waals surface area contributed by atoms with Crippen LogP contribution in [0.4, 0.5) is 0 Å². The summed E-state index contributed by atoms with van der Waals surface area (Å²) in [5.41, 5.74) is 2.73. The van der Waals surface area contributed by atoms with Crippen molar-refractivity contribution in [2.45, 2.75) is 6.61 Å². The van der Waals surface area contributed by atoms with E-state index in [-0.39, 0.29) is 5.56 Å².